The molecule has 1 aliphatic carbocycles. The molecule has 4 nitrogen and oxygen atoms in total. The fraction of sp³-hybridized carbons (Fsp3) is 0.917. The minimum atomic E-state index is 0.107. The number of nitrogens with one attached hydrogen (secondary N) is 2. The summed E-state index contributed by atoms with van der Waals surface area (Å²) in [5, 5.41) is 6.28. The van der Waals surface area contributed by atoms with Crippen LogP contribution in [-0.4, -0.2) is 38.8 Å². The van der Waals surface area contributed by atoms with Crippen LogP contribution in [0, 0.1) is 5.92 Å². The number of carbonyl (C=O) groups is 1. The second-order valence-electron chi connectivity index (χ2n) is 4.56. The van der Waals surface area contributed by atoms with Crippen LogP contribution < -0.4 is 10.6 Å². The van der Waals surface area contributed by atoms with Crippen molar-refractivity contribution in [1.29, 1.82) is 0 Å². The van der Waals surface area contributed by atoms with Crippen LogP contribution in [0.3, 0.4) is 0 Å². The Morgan fingerprint density at radius 1 is 1.38 bits per heavy atom. The molecule has 1 amide bonds. The summed E-state index contributed by atoms with van der Waals surface area (Å²) in [5.41, 5.74) is 0. The lowest BCUT2D eigenvalue weighted by Gasteiger charge is -2.16. The summed E-state index contributed by atoms with van der Waals surface area (Å²) < 4.78 is 4.86. The summed E-state index contributed by atoms with van der Waals surface area (Å²) in [6.45, 7) is 4.26. The summed E-state index contributed by atoms with van der Waals surface area (Å²) in [7, 11) is 1.63. The highest BCUT2D eigenvalue weighted by atomic mass is 16.5. The molecule has 2 N–H and O–H groups in total. The maximum atomic E-state index is 11.4. The predicted octanol–water partition coefficient (Wildman–Crippen LogP) is 0.917. The van der Waals surface area contributed by atoms with Crippen molar-refractivity contribution in [1.82, 2.24) is 10.6 Å². The van der Waals surface area contributed by atoms with Gasteiger partial charge in [-0.25, -0.2) is 0 Å². The van der Waals surface area contributed by atoms with Gasteiger partial charge in [-0.1, -0.05) is 13.3 Å². The molecular weight excluding hydrogens is 204 g/mol. The van der Waals surface area contributed by atoms with Gasteiger partial charge < -0.3 is 15.4 Å². The Hall–Kier alpha value is -0.610. The van der Waals surface area contributed by atoms with Gasteiger partial charge in [-0.3, -0.25) is 4.79 Å². The van der Waals surface area contributed by atoms with Gasteiger partial charge in [-0.15, -0.1) is 0 Å². The second kappa shape index (κ2) is 7.63. The van der Waals surface area contributed by atoms with Crippen molar-refractivity contribution in [2.24, 2.45) is 5.92 Å². The number of ether oxygens (including phenoxy) is 1. The largest absolute Gasteiger partial charge is 0.383 e. The lowest BCUT2D eigenvalue weighted by atomic mass is 10.1. The van der Waals surface area contributed by atoms with Crippen LogP contribution in [0.25, 0.3) is 0 Å². The lowest BCUT2D eigenvalue weighted by Crippen LogP contribution is -2.35. The molecule has 16 heavy (non-hydrogen) atoms. The van der Waals surface area contributed by atoms with E-state index in [1.807, 2.05) is 0 Å². The SMILES string of the molecule is COCCNC(=O)CCNC1CCCC1C. The summed E-state index contributed by atoms with van der Waals surface area (Å²) in [4.78, 5) is 11.4. The minimum Gasteiger partial charge on any atom is -0.383 e. The van der Waals surface area contributed by atoms with Gasteiger partial charge in [0.2, 0.25) is 5.91 Å². The molecule has 0 aliphatic heterocycles. The number of hydrogen-bond donors (Lipinski definition) is 2. The third-order valence-electron chi connectivity index (χ3n) is 3.25. The van der Waals surface area contributed by atoms with Crippen LogP contribution >= 0.6 is 0 Å². The van der Waals surface area contributed by atoms with E-state index in [9.17, 15) is 4.79 Å². The Morgan fingerprint density at radius 3 is 2.81 bits per heavy atom. The summed E-state index contributed by atoms with van der Waals surface area (Å²) in [6.07, 6.45) is 4.45. The van der Waals surface area contributed by atoms with Gasteiger partial charge in [-0.05, 0) is 18.8 Å². The number of rotatable bonds is 7. The maximum Gasteiger partial charge on any atom is 0.221 e. The molecule has 94 valence electrons. The van der Waals surface area contributed by atoms with Crippen molar-refractivity contribution >= 4 is 5.91 Å². The van der Waals surface area contributed by atoms with Crippen LogP contribution in [0.4, 0.5) is 0 Å². The van der Waals surface area contributed by atoms with Crippen molar-refractivity contribution in [3.05, 3.63) is 0 Å². The topological polar surface area (TPSA) is 50.4 Å². The first kappa shape index (κ1) is 13.5. The standard InChI is InChI=1S/C12H24N2O2/c1-10-4-3-5-11(10)13-7-6-12(15)14-8-9-16-2/h10-11,13H,3-9H2,1-2H3,(H,14,15). The smallest absolute Gasteiger partial charge is 0.221 e. The Bertz CT molecular complexity index is 209. The second-order valence-corrected chi connectivity index (χ2v) is 4.56. The zero-order valence-electron chi connectivity index (χ0n) is 10.4. The molecule has 0 saturated heterocycles. The summed E-state index contributed by atoms with van der Waals surface area (Å²) in [5.74, 6) is 0.867. The molecule has 4 heteroatoms. The minimum absolute atomic E-state index is 0.107. The Balaban J connectivity index is 1.99. The van der Waals surface area contributed by atoms with Crippen LogP contribution in [-0.2, 0) is 9.53 Å². The molecule has 0 aromatic rings. The zero-order chi connectivity index (χ0) is 11.8. The molecule has 2 atom stereocenters. The predicted molar refractivity (Wildman–Crippen MR) is 64.3 cm³/mol. The van der Waals surface area contributed by atoms with Gasteiger partial charge in [0, 0.05) is 32.7 Å². The van der Waals surface area contributed by atoms with E-state index in [4.69, 9.17) is 4.74 Å². The maximum absolute atomic E-state index is 11.4. The Morgan fingerprint density at radius 2 is 2.19 bits per heavy atom. The van der Waals surface area contributed by atoms with E-state index < -0.39 is 0 Å². The van der Waals surface area contributed by atoms with Crippen molar-refractivity contribution in [2.75, 3.05) is 26.8 Å². The zero-order valence-corrected chi connectivity index (χ0v) is 10.4. The molecule has 0 radical (unpaired) electrons. The molecule has 2 unspecified atom stereocenters. The van der Waals surface area contributed by atoms with E-state index >= 15 is 0 Å². The molecule has 0 heterocycles. The summed E-state index contributed by atoms with van der Waals surface area (Å²) in [6, 6.07) is 0.617. The van der Waals surface area contributed by atoms with Crippen molar-refractivity contribution in [3.63, 3.8) is 0 Å². The Kier molecular flexibility index (Phi) is 6.42. The lowest BCUT2D eigenvalue weighted by molar-refractivity contribution is -0.121. The van der Waals surface area contributed by atoms with E-state index in [2.05, 4.69) is 17.6 Å². The van der Waals surface area contributed by atoms with E-state index in [0.29, 0.717) is 25.6 Å². The van der Waals surface area contributed by atoms with E-state index in [0.717, 1.165) is 12.5 Å². The third-order valence-corrected chi connectivity index (χ3v) is 3.25. The van der Waals surface area contributed by atoms with Gasteiger partial charge in [0.1, 0.15) is 0 Å². The van der Waals surface area contributed by atoms with Gasteiger partial charge >= 0.3 is 0 Å². The quantitative estimate of drug-likeness (QED) is 0.637. The normalized spacial score (nSPS) is 24.6. The molecule has 0 aromatic heterocycles. The molecule has 0 spiro atoms. The summed E-state index contributed by atoms with van der Waals surface area (Å²) >= 11 is 0. The van der Waals surface area contributed by atoms with Crippen LogP contribution in [0.2, 0.25) is 0 Å². The molecular formula is C12H24N2O2. The fourth-order valence-electron chi connectivity index (χ4n) is 2.20. The highest BCUT2D eigenvalue weighted by Gasteiger charge is 2.22. The average Bonchev–Trinajstić information content (AvgIpc) is 2.65. The van der Waals surface area contributed by atoms with Crippen LogP contribution in [0.15, 0.2) is 0 Å². The number of hydrogen-bond acceptors (Lipinski definition) is 3. The third kappa shape index (κ3) is 4.94. The van der Waals surface area contributed by atoms with Gasteiger partial charge in [0.25, 0.3) is 0 Å². The average molecular weight is 228 g/mol. The number of carbonyl (C=O) groups excluding carboxylic acids is 1. The van der Waals surface area contributed by atoms with Crippen molar-refractivity contribution in [3.8, 4) is 0 Å². The van der Waals surface area contributed by atoms with Crippen molar-refractivity contribution < 1.29 is 9.53 Å². The molecule has 1 saturated carbocycles. The highest BCUT2D eigenvalue weighted by Crippen LogP contribution is 2.24. The van der Waals surface area contributed by atoms with Crippen molar-refractivity contribution in [2.45, 2.75) is 38.6 Å². The molecule has 1 rings (SSSR count). The van der Waals surface area contributed by atoms with E-state index in [1.165, 1.54) is 19.3 Å². The first-order chi connectivity index (χ1) is 7.74. The monoisotopic (exact) mass is 228 g/mol. The fourth-order valence-corrected chi connectivity index (χ4v) is 2.20. The Labute approximate surface area is 98.1 Å². The molecule has 0 bridgehead atoms. The van der Waals surface area contributed by atoms with Gasteiger partial charge in [0.05, 0.1) is 6.61 Å². The van der Waals surface area contributed by atoms with Crippen LogP contribution in [0.1, 0.15) is 32.6 Å². The molecule has 1 fully saturated rings. The molecule has 1 aliphatic rings. The number of amides is 1. The first-order valence-corrected chi connectivity index (χ1v) is 6.23. The van der Waals surface area contributed by atoms with E-state index in [-0.39, 0.29) is 5.91 Å². The molecule has 0 aromatic carbocycles. The van der Waals surface area contributed by atoms with Gasteiger partial charge in [-0.2, -0.15) is 0 Å². The van der Waals surface area contributed by atoms with E-state index in [1.54, 1.807) is 7.11 Å². The van der Waals surface area contributed by atoms with Gasteiger partial charge in [0.15, 0.2) is 0 Å². The highest BCUT2D eigenvalue weighted by molar-refractivity contribution is 5.76. The first-order valence-electron chi connectivity index (χ1n) is 6.23. The van der Waals surface area contributed by atoms with Crippen LogP contribution in [0.5, 0.6) is 0 Å². The number of methoxy groups -OCH3 is 1.